The Balaban J connectivity index is 2.11. The predicted molar refractivity (Wildman–Crippen MR) is 72.7 cm³/mol. The van der Waals surface area contributed by atoms with Gasteiger partial charge >= 0.3 is 6.18 Å². The van der Waals surface area contributed by atoms with Gasteiger partial charge in [0.15, 0.2) is 11.0 Å². The van der Waals surface area contributed by atoms with Crippen LogP contribution in [0.15, 0.2) is 40.8 Å². The second-order valence-corrected chi connectivity index (χ2v) is 4.44. The van der Waals surface area contributed by atoms with Crippen LogP contribution in [-0.2, 0) is 0 Å². The van der Waals surface area contributed by atoms with E-state index in [0.717, 1.165) is 0 Å². The van der Waals surface area contributed by atoms with E-state index < -0.39 is 18.6 Å². The van der Waals surface area contributed by atoms with Gasteiger partial charge in [0.05, 0.1) is 11.4 Å². The highest BCUT2D eigenvalue weighted by molar-refractivity contribution is 6.29. The number of anilines is 2. The summed E-state index contributed by atoms with van der Waals surface area (Å²) in [6.45, 7) is -1.20. The molecule has 1 aromatic carbocycles. The highest BCUT2D eigenvalue weighted by atomic mass is 35.5. The van der Waals surface area contributed by atoms with E-state index in [0.29, 0.717) is 0 Å². The molecule has 0 unspecified atom stereocenters. The highest BCUT2D eigenvalue weighted by Gasteiger charge is 2.27. The zero-order valence-electron chi connectivity index (χ0n) is 10.5. The van der Waals surface area contributed by atoms with E-state index in [1.807, 2.05) is 0 Å². The summed E-state index contributed by atoms with van der Waals surface area (Å²) in [6.07, 6.45) is -4.36. The first-order valence-corrected chi connectivity index (χ1v) is 6.19. The summed E-state index contributed by atoms with van der Waals surface area (Å²) in [4.78, 5) is 11.9. The average molecular weight is 319 g/mol. The van der Waals surface area contributed by atoms with E-state index in [2.05, 4.69) is 10.6 Å². The first-order chi connectivity index (χ1) is 9.85. The third kappa shape index (κ3) is 4.42. The standard InChI is InChI=1S/C13H10ClF3N2O2/c14-11-6-5-10(21-11)12(20)19-9-4-2-1-3-8(9)18-7-13(15,16)17/h1-6,18H,7H2,(H,19,20). The smallest absolute Gasteiger partial charge is 0.405 e. The number of halogens is 4. The Labute approximate surface area is 122 Å². The van der Waals surface area contributed by atoms with Gasteiger partial charge in [0.2, 0.25) is 0 Å². The molecule has 0 aliphatic heterocycles. The van der Waals surface area contributed by atoms with Crippen molar-refractivity contribution in [3.63, 3.8) is 0 Å². The van der Waals surface area contributed by atoms with Crippen molar-refractivity contribution in [3.05, 3.63) is 47.4 Å². The number of amides is 1. The molecule has 0 saturated carbocycles. The number of carbonyl (C=O) groups excluding carboxylic acids is 1. The lowest BCUT2D eigenvalue weighted by Gasteiger charge is -2.13. The molecule has 0 fully saturated rings. The SMILES string of the molecule is O=C(Nc1ccccc1NCC(F)(F)F)c1ccc(Cl)o1. The summed E-state index contributed by atoms with van der Waals surface area (Å²) in [7, 11) is 0. The zero-order valence-corrected chi connectivity index (χ0v) is 11.3. The summed E-state index contributed by atoms with van der Waals surface area (Å²) < 4.78 is 41.6. The van der Waals surface area contributed by atoms with Gasteiger partial charge in [-0.25, -0.2) is 0 Å². The van der Waals surface area contributed by atoms with Crippen LogP contribution in [0, 0.1) is 0 Å². The lowest BCUT2D eigenvalue weighted by molar-refractivity contribution is -0.115. The van der Waals surface area contributed by atoms with Crippen molar-refractivity contribution in [2.75, 3.05) is 17.2 Å². The molecular weight excluding hydrogens is 309 g/mol. The monoisotopic (exact) mass is 318 g/mol. The van der Waals surface area contributed by atoms with Gasteiger partial charge in [-0.2, -0.15) is 13.2 Å². The Morgan fingerprint density at radius 3 is 2.38 bits per heavy atom. The van der Waals surface area contributed by atoms with Crippen molar-refractivity contribution >= 4 is 28.9 Å². The number of para-hydroxylation sites is 2. The largest absolute Gasteiger partial charge is 0.440 e. The van der Waals surface area contributed by atoms with E-state index in [9.17, 15) is 18.0 Å². The number of hydrogen-bond acceptors (Lipinski definition) is 3. The van der Waals surface area contributed by atoms with Gasteiger partial charge in [0, 0.05) is 0 Å². The Bertz CT molecular complexity index is 640. The van der Waals surface area contributed by atoms with Gasteiger partial charge in [-0.15, -0.1) is 0 Å². The van der Waals surface area contributed by atoms with Crippen LogP contribution in [0.2, 0.25) is 5.22 Å². The highest BCUT2D eigenvalue weighted by Crippen LogP contribution is 2.24. The lowest BCUT2D eigenvalue weighted by atomic mass is 10.2. The number of furan rings is 1. The maximum Gasteiger partial charge on any atom is 0.405 e. The molecule has 0 saturated heterocycles. The number of nitrogens with one attached hydrogen (secondary N) is 2. The van der Waals surface area contributed by atoms with Gasteiger partial charge in [-0.1, -0.05) is 12.1 Å². The number of benzene rings is 1. The van der Waals surface area contributed by atoms with E-state index in [1.165, 1.54) is 24.3 Å². The molecular formula is C13H10ClF3N2O2. The van der Waals surface area contributed by atoms with Gasteiger partial charge < -0.3 is 15.1 Å². The van der Waals surface area contributed by atoms with Crippen LogP contribution < -0.4 is 10.6 Å². The minimum Gasteiger partial charge on any atom is -0.440 e. The topological polar surface area (TPSA) is 54.3 Å². The summed E-state index contributed by atoms with van der Waals surface area (Å²) in [5.41, 5.74) is 0.361. The summed E-state index contributed by atoms with van der Waals surface area (Å²) in [5, 5.41) is 4.72. The van der Waals surface area contributed by atoms with Crippen LogP contribution in [-0.4, -0.2) is 18.6 Å². The Morgan fingerprint density at radius 1 is 1.14 bits per heavy atom. The fourth-order valence-electron chi connectivity index (χ4n) is 1.56. The van der Waals surface area contributed by atoms with Gasteiger partial charge in [-0.05, 0) is 35.9 Å². The number of rotatable bonds is 4. The molecule has 0 spiro atoms. The molecule has 0 atom stereocenters. The third-order valence-electron chi connectivity index (χ3n) is 2.45. The number of alkyl halides is 3. The summed E-state index contributed by atoms with van der Waals surface area (Å²) >= 11 is 5.55. The Hall–Kier alpha value is -2.15. The van der Waals surface area contributed by atoms with Crippen LogP contribution in [0.5, 0.6) is 0 Å². The van der Waals surface area contributed by atoms with Crippen molar-refractivity contribution in [2.24, 2.45) is 0 Å². The fourth-order valence-corrected chi connectivity index (χ4v) is 1.71. The molecule has 1 amide bonds. The number of hydrogen-bond donors (Lipinski definition) is 2. The van der Waals surface area contributed by atoms with Gasteiger partial charge in [0.1, 0.15) is 6.54 Å². The molecule has 112 valence electrons. The minimum atomic E-state index is -4.36. The molecule has 1 aromatic heterocycles. The average Bonchev–Trinajstić information content (AvgIpc) is 2.83. The van der Waals surface area contributed by atoms with Crippen molar-refractivity contribution in [3.8, 4) is 0 Å². The molecule has 4 nitrogen and oxygen atoms in total. The third-order valence-corrected chi connectivity index (χ3v) is 2.65. The van der Waals surface area contributed by atoms with E-state index in [4.69, 9.17) is 16.0 Å². The predicted octanol–water partition coefficient (Wildman–Crippen LogP) is 4.16. The molecule has 2 N–H and O–H groups in total. The van der Waals surface area contributed by atoms with Crippen molar-refractivity contribution in [1.29, 1.82) is 0 Å². The van der Waals surface area contributed by atoms with Crippen LogP contribution >= 0.6 is 11.6 Å². The second-order valence-electron chi connectivity index (χ2n) is 4.07. The molecule has 8 heteroatoms. The molecule has 2 rings (SSSR count). The first kappa shape index (κ1) is 15.2. The van der Waals surface area contributed by atoms with Crippen LogP contribution in [0.25, 0.3) is 0 Å². The zero-order chi connectivity index (χ0) is 15.5. The molecule has 0 aliphatic rings. The molecule has 1 heterocycles. The van der Waals surface area contributed by atoms with Crippen molar-refractivity contribution in [2.45, 2.75) is 6.18 Å². The van der Waals surface area contributed by atoms with Gasteiger partial charge in [0.25, 0.3) is 5.91 Å². The minimum absolute atomic E-state index is 0.0365. The van der Waals surface area contributed by atoms with Crippen molar-refractivity contribution in [1.82, 2.24) is 0 Å². The molecule has 2 aromatic rings. The molecule has 0 radical (unpaired) electrons. The van der Waals surface area contributed by atoms with Gasteiger partial charge in [-0.3, -0.25) is 4.79 Å². The van der Waals surface area contributed by atoms with Crippen molar-refractivity contribution < 1.29 is 22.4 Å². The van der Waals surface area contributed by atoms with E-state index >= 15 is 0 Å². The van der Waals surface area contributed by atoms with Crippen LogP contribution in [0.3, 0.4) is 0 Å². The molecule has 0 bridgehead atoms. The second kappa shape index (κ2) is 6.09. The first-order valence-electron chi connectivity index (χ1n) is 5.81. The quantitative estimate of drug-likeness (QED) is 0.890. The van der Waals surface area contributed by atoms with Crippen LogP contribution in [0.1, 0.15) is 10.6 Å². The lowest BCUT2D eigenvalue weighted by Crippen LogP contribution is -2.22. The molecule has 21 heavy (non-hydrogen) atoms. The molecule has 0 aliphatic carbocycles. The number of carbonyl (C=O) groups is 1. The summed E-state index contributed by atoms with van der Waals surface area (Å²) in [5.74, 6) is -0.645. The maximum absolute atomic E-state index is 12.2. The summed E-state index contributed by atoms with van der Waals surface area (Å²) in [6, 6.07) is 8.80. The van der Waals surface area contributed by atoms with E-state index in [-0.39, 0.29) is 22.4 Å². The normalized spacial score (nSPS) is 11.2. The maximum atomic E-state index is 12.2. The van der Waals surface area contributed by atoms with E-state index in [1.54, 1.807) is 12.1 Å². The fraction of sp³-hybridized carbons (Fsp3) is 0.154. The van der Waals surface area contributed by atoms with Crippen LogP contribution in [0.4, 0.5) is 24.5 Å². The Morgan fingerprint density at radius 2 is 1.81 bits per heavy atom. The Kier molecular flexibility index (Phi) is 4.42.